The number of carbonyl (C=O) groups excluding carboxylic acids is 1. The molecule has 1 aromatic rings. The molecule has 0 aromatic heterocycles. The number of hydrogen-bond acceptors (Lipinski definition) is 5. The first-order valence-corrected chi connectivity index (χ1v) is 9.31. The van der Waals surface area contributed by atoms with Crippen molar-refractivity contribution in [2.75, 3.05) is 32.6 Å². The molecule has 1 aromatic carbocycles. The average Bonchev–Trinajstić information content (AvgIpc) is 3.23. The molecule has 5 rings (SSSR count). The fraction of sp³-hybridized carbons (Fsp3) is 0.476. The van der Waals surface area contributed by atoms with Gasteiger partial charge in [-0.1, -0.05) is 11.6 Å². The highest BCUT2D eigenvalue weighted by molar-refractivity contribution is 5.94. The number of ether oxygens (including phenoxy) is 2. The van der Waals surface area contributed by atoms with Crippen LogP contribution < -0.4 is 10.1 Å². The van der Waals surface area contributed by atoms with Gasteiger partial charge in [-0.3, -0.25) is 4.90 Å². The van der Waals surface area contributed by atoms with Crippen molar-refractivity contribution in [3.05, 3.63) is 46.7 Å². The molecule has 1 N–H and O–H groups in total. The van der Waals surface area contributed by atoms with Gasteiger partial charge in [0.25, 0.3) is 0 Å². The number of benzene rings is 1. The number of allylic oxidation sites excluding steroid dienone is 1. The van der Waals surface area contributed by atoms with Gasteiger partial charge in [0.1, 0.15) is 5.75 Å². The Morgan fingerprint density at radius 1 is 1.38 bits per heavy atom. The lowest BCUT2D eigenvalue weighted by Gasteiger charge is -2.48. The fourth-order valence-corrected chi connectivity index (χ4v) is 5.76. The van der Waals surface area contributed by atoms with E-state index in [2.05, 4.69) is 35.3 Å². The van der Waals surface area contributed by atoms with Crippen LogP contribution in [0.3, 0.4) is 0 Å². The summed E-state index contributed by atoms with van der Waals surface area (Å²) in [7, 11) is 3.19. The molecular formula is C21H24N2O3. The maximum absolute atomic E-state index is 12.8. The maximum atomic E-state index is 12.8. The molecule has 26 heavy (non-hydrogen) atoms. The van der Waals surface area contributed by atoms with Gasteiger partial charge in [-0.2, -0.15) is 0 Å². The van der Waals surface area contributed by atoms with E-state index < -0.39 is 0 Å². The van der Waals surface area contributed by atoms with E-state index in [-0.39, 0.29) is 17.3 Å². The molecule has 3 aliphatic heterocycles. The standard InChI is InChI=1S/C21H24N2O3/c1-4-12-11-23-8-7-21-15-9-13(25-2)5-6-16(15)22-19(21)18(20(24)26-3)14(12)10-17(21)23/h4-6,9,14,17,22H,7-8,10-11H2,1-3H3. The third-order valence-corrected chi connectivity index (χ3v) is 6.90. The summed E-state index contributed by atoms with van der Waals surface area (Å²) in [4.78, 5) is 15.4. The molecule has 2 fully saturated rings. The molecule has 2 bridgehead atoms. The van der Waals surface area contributed by atoms with Crippen molar-refractivity contribution >= 4 is 11.7 Å². The first-order chi connectivity index (χ1) is 12.6. The normalized spacial score (nSPS) is 33.0. The van der Waals surface area contributed by atoms with E-state index in [4.69, 9.17) is 9.47 Å². The van der Waals surface area contributed by atoms with Crippen LogP contribution >= 0.6 is 0 Å². The van der Waals surface area contributed by atoms with Gasteiger partial charge < -0.3 is 14.8 Å². The first kappa shape index (κ1) is 15.9. The summed E-state index contributed by atoms with van der Waals surface area (Å²) >= 11 is 0. The summed E-state index contributed by atoms with van der Waals surface area (Å²) in [5.74, 6) is 0.819. The first-order valence-electron chi connectivity index (χ1n) is 9.31. The summed E-state index contributed by atoms with van der Waals surface area (Å²) < 4.78 is 10.7. The molecule has 3 unspecified atom stereocenters. The SMILES string of the molecule is CC=C1CN2CCC34C(=C(C(=O)OC)C1CC23)Nc1ccc(OC)cc14. The fourth-order valence-electron chi connectivity index (χ4n) is 5.76. The molecule has 3 heterocycles. The molecule has 2 saturated heterocycles. The molecule has 1 spiro atoms. The molecule has 4 aliphatic rings. The van der Waals surface area contributed by atoms with Gasteiger partial charge in [-0.05, 0) is 43.5 Å². The molecule has 0 amide bonds. The Balaban J connectivity index is 1.80. The number of carbonyl (C=O) groups is 1. The molecule has 136 valence electrons. The maximum Gasteiger partial charge on any atom is 0.336 e. The Bertz CT molecular complexity index is 872. The van der Waals surface area contributed by atoms with Crippen molar-refractivity contribution in [2.24, 2.45) is 5.92 Å². The molecule has 3 atom stereocenters. The van der Waals surface area contributed by atoms with Gasteiger partial charge in [0.15, 0.2) is 0 Å². The predicted octanol–water partition coefficient (Wildman–Crippen LogP) is 2.84. The third kappa shape index (κ3) is 1.77. The Morgan fingerprint density at radius 3 is 2.96 bits per heavy atom. The molecular weight excluding hydrogens is 328 g/mol. The van der Waals surface area contributed by atoms with E-state index in [1.165, 1.54) is 18.2 Å². The van der Waals surface area contributed by atoms with Crippen LogP contribution in [0.1, 0.15) is 25.3 Å². The quantitative estimate of drug-likeness (QED) is 0.655. The van der Waals surface area contributed by atoms with Crippen molar-refractivity contribution < 1.29 is 14.3 Å². The van der Waals surface area contributed by atoms with Crippen LogP contribution in [0.5, 0.6) is 5.75 Å². The summed E-state index contributed by atoms with van der Waals surface area (Å²) in [6.07, 6.45) is 4.18. The van der Waals surface area contributed by atoms with Gasteiger partial charge in [0, 0.05) is 36.4 Å². The van der Waals surface area contributed by atoms with Crippen LogP contribution in [0, 0.1) is 5.92 Å². The number of hydrogen-bond donors (Lipinski definition) is 1. The minimum Gasteiger partial charge on any atom is -0.497 e. The van der Waals surface area contributed by atoms with E-state index in [1.54, 1.807) is 7.11 Å². The average molecular weight is 352 g/mol. The van der Waals surface area contributed by atoms with Crippen molar-refractivity contribution in [2.45, 2.75) is 31.2 Å². The largest absolute Gasteiger partial charge is 0.497 e. The van der Waals surface area contributed by atoms with Gasteiger partial charge in [-0.25, -0.2) is 4.79 Å². The number of nitrogens with zero attached hydrogens (tertiary/aromatic N) is 1. The van der Waals surface area contributed by atoms with Crippen LogP contribution in [0.25, 0.3) is 0 Å². The Kier molecular flexibility index (Phi) is 3.29. The summed E-state index contributed by atoms with van der Waals surface area (Å²) in [6, 6.07) is 6.63. The molecule has 5 nitrogen and oxygen atoms in total. The number of piperidine rings is 1. The van der Waals surface area contributed by atoms with E-state index in [0.29, 0.717) is 6.04 Å². The van der Waals surface area contributed by atoms with Crippen molar-refractivity contribution in [3.8, 4) is 5.75 Å². The van der Waals surface area contributed by atoms with Crippen molar-refractivity contribution in [1.82, 2.24) is 4.90 Å². The van der Waals surface area contributed by atoms with E-state index in [9.17, 15) is 4.79 Å². The van der Waals surface area contributed by atoms with Crippen LogP contribution in [-0.4, -0.2) is 44.2 Å². The smallest absolute Gasteiger partial charge is 0.336 e. The second kappa shape index (κ2) is 5.36. The lowest BCUT2D eigenvalue weighted by molar-refractivity contribution is -0.137. The number of fused-ring (bicyclic) bond motifs is 2. The third-order valence-electron chi connectivity index (χ3n) is 6.90. The molecule has 1 aliphatic carbocycles. The minimum atomic E-state index is -0.199. The summed E-state index contributed by atoms with van der Waals surface area (Å²) in [5, 5.41) is 3.61. The van der Waals surface area contributed by atoms with Crippen LogP contribution in [-0.2, 0) is 14.9 Å². The molecule has 0 saturated carbocycles. The van der Waals surface area contributed by atoms with Crippen LogP contribution in [0.2, 0.25) is 0 Å². The van der Waals surface area contributed by atoms with Gasteiger partial charge >= 0.3 is 5.97 Å². The van der Waals surface area contributed by atoms with E-state index in [1.807, 2.05) is 6.07 Å². The van der Waals surface area contributed by atoms with Crippen LogP contribution in [0.4, 0.5) is 5.69 Å². The zero-order valence-corrected chi connectivity index (χ0v) is 15.5. The zero-order chi connectivity index (χ0) is 18.1. The highest BCUT2D eigenvalue weighted by Gasteiger charge is 2.62. The van der Waals surface area contributed by atoms with Gasteiger partial charge in [-0.15, -0.1) is 0 Å². The number of rotatable bonds is 2. The molecule has 5 heteroatoms. The van der Waals surface area contributed by atoms with Gasteiger partial charge in [0.05, 0.1) is 25.2 Å². The number of esters is 1. The van der Waals surface area contributed by atoms with Crippen molar-refractivity contribution in [3.63, 3.8) is 0 Å². The zero-order valence-electron chi connectivity index (χ0n) is 15.5. The number of methoxy groups -OCH3 is 2. The van der Waals surface area contributed by atoms with Gasteiger partial charge in [0.2, 0.25) is 0 Å². The summed E-state index contributed by atoms with van der Waals surface area (Å²) in [6.45, 7) is 4.07. The Labute approximate surface area is 153 Å². The highest BCUT2D eigenvalue weighted by Crippen LogP contribution is 2.61. The second-order valence-corrected chi connectivity index (χ2v) is 7.68. The van der Waals surface area contributed by atoms with Crippen molar-refractivity contribution in [1.29, 1.82) is 0 Å². The lowest BCUT2D eigenvalue weighted by atomic mass is 9.62. The molecule has 0 radical (unpaired) electrons. The van der Waals surface area contributed by atoms with E-state index in [0.717, 1.165) is 48.6 Å². The topological polar surface area (TPSA) is 50.8 Å². The number of anilines is 1. The van der Waals surface area contributed by atoms with Crippen LogP contribution in [0.15, 0.2) is 41.1 Å². The second-order valence-electron chi connectivity index (χ2n) is 7.68. The van der Waals surface area contributed by atoms with E-state index >= 15 is 0 Å². The predicted molar refractivity (Wildman–Crippen MR) is 99.2 cm³/mol. The Hall–Kier alpha value is -2.27. The summed E-state index contributed by atoms with van der Waals surface area (Å²) in [5.41, 5.74) is 5.44. The lowest BCUT2D eigenvalue weighted by Crippen LogP contribution is -2.53. The monoisotopic (exact) mass is 352 g/mol. The highest BCUT2D eigenvalue weighted by atomic mass is 16.5. The Morgan fingerprint density at radius 2 is 2.23 bits per heavy atom. The number of nitrogens with one attached hydrogen (secondary N) is 1. The minimum absolute atomic E-state index is 0.150.